The van der Waals surface area contributed by atoms with Crippen molar-refractivity contribution in [1.29, 1.82) is 0 Å². The Balaban J connectivity index is 1.41. The first-order chi connectivity index (χ1) is 12.6. The molecule has 0 radical (unpaired) electrons. The van der Waals surface area contributed by atoms with Crippen molar-refractivity contribution in [2.45, 2.75) is 64.8 Å². The SMILES string of the molecule is CCCOc1ccc(C(=O)CCC(=O)NC(C)C2CC3CCC2C3)cc1. The van der Waals surface area contributed by atoms with Gasteiger partial charge in [0.25, 0.3) is 0 Å². The Morgan fingerprint density at radius 1 is 1.15 bits per heavy atom. The van der Waals surface area contributed by atoms with Crippen LogP contribution in [0.4, 0.5) is 0 Å². The number of hydrogen-bond donors (Lipinski definition) is 1. The maximum atomic E-state index is 12.3. The normalized spacial score (nSPS) is 25.1. The van der Waals surface area contributed by atoms with Gasteiger partial charge in [-0.05, 0) is 74.6 Å². The summed E-state index contributed by atoms with van der Waals surface area (Å²) in [6, 6.07) is 7.43. The van der Waals surface area contributed by atoms with Gasteiger partial charge in [0.15, 0.2) is 5.78 Å². The third-order valence-corrected chi connectivity index (χ3v) is 6.05. The molecule has 4 heteroatoms. The van der Waals surface area contributed by atoms with Crippen molar-refractivity contribution in [3.8, 4) is 5.75 Å². The van der Waals surface area contributed by atoms with E-state index < -0.39 is 0 Å². The lowest BCUT2D eigenvalue weighted by molar-refractivity contribution is -0.122. The number of nitrogens with one attached hydrogen (secondary N) is 1. The van der Waals surface area contributed by atoms with E-state index in [1.54, 1.807) is 12.1 Å². The molecule has 1 amide bonds. The molecular weight excluding hydrogens is 326 g/mol. The molecule has 1 N–H and O–H groups in total. The molecule has 4 atom stereocenters. The van der Waals surface area contributed by atoms with Gasteiger partial charge in [-0.25, -0.2) is 0 Å². The fourth-order valence-electron chi connectivity index (χ4n) is 4.67. The third-order valence-electron chi connectivity index (χ3n) is 6.05. The van der Waals surface area contributed by atoms with E-state index in [4.69, 9.17) is 4.74 Å². The summed E-state index contributed by atoms with van der Waals surface area (Å²) >= 11 is 0. The van der Waals surface area contributed by atoms with Crippen LogP contribution in [0.5, 0.6) is 5.75 Å². The van der Waals surface area contributed by atoms with E-state index >= 15 is 0 Å². The number of ketones is 1. The van der Waals surface area contributed by atoms with Crippen LogP contribution in [0.1, 0.15) is 69.2 Å². The third kappa shape index (κ3) is 4.66. The Kier molecular flexibility index (Phi) is 6.33. The number of fused-ring (bicyclic) bond motifs is 2. The highest BCUT2D eigenvalue weighted by molar-refractivity contribution is 5.98. The van der Waals surface area contributed by atoms with Crippen molar-refractivity contribution in [1.82, 2.24) is 5.32 Å². The lowest BCUT2D eigenvalue weighted by Crippen LogP contribution is -2.40. The summed E-state index contributed by atoms with van der Waals surface area (Å²) in [4.78, 5) is 24.5. The molecule has 2 bridgehead atoms. The van der Waals surface area contributed by atoms with E-state index in [-0.39, 0.29) is 30.6 Å². The average Bonchev–Trinajstić information content (AvgIpc) is 3.28. The molecule has 2 saturated carbocycles. The number of amides is 1. The molecule has 4 nitrogen and oxygen atoms in total. The zero-order chi connectivity index (χ0) is 18.5. The Bertz CT molecular complexity index is 625. The maximum absolute atomic E-state index is 12.3. The van der Waals surface area contributed by atoms with Crippen LogP contribution >= 0.6 is 0 Å². The van der Waals surface area contributed by atoms with Crippen molar-refractivity contribution >= 4 is 11.7 Å². The molecule has 2 fully saturated rings. The number of carbonyl (C=O) groups excluding carboxylic acids is 2. The lowest BCUT2D eigenvalue weighted by Gasteiger charge is -2.28. The van der Waals surface area contributed by atoms with Crippen LogP contribution in [0.15, 0.2) is 24.3 Å². The maximum Gasteiger partial charge on any atom is 0.220 e. The molecule has 0 aliphatic heterocycles. The predicted molar refractivity (Wildman–Crippen MR) is 102 cm³/mol. The van der Waals surface area contributed by atoms with E-state index in [0.717, 1.165) is 24.0 Å². The van der Waals surface area contributed by atoms with Crippen molar-refractivity contribution in [2.75, 3.05) is 6.61 Å². The molecule has 4 unspecified atom stereocenters. The van der Waals surface area contributed by atoms with E-state index in [9.17, 15) is 9.59 Å². The van der Waals surface area contributed by atoms with Crippen LogP contribution in [-0.4, -0.2) is 24.3 Å². The molecule has 142 valence electrons. The number of benzene rings is 1. The van der Waals surface area contributed by atoms with Crippen LogP contribution in [0.3, 0.4) is 0 Å². The Morgan fingerprint density at radius 2 is 1.92 bits per heavy atom. The minimum Gasteiger partial charge on any atom is -0.494 e. The van der Waals surface area contributed by atoms with Crippen LogP contribution in [0.2, 0.25) is 0 Å². The fourth-order valence-corrected chi connectivity index (χ4v) is 4.67. The molecule has 0 aromatic heterocycles. The van der Waals surface area contributed by atoms with Crippen molar-refractivity contribution in [3.63, 3.8) is 0 Å². The Labute approximate surface area is 156 Å². The second-order valence-corrected chi connectivity index (χ2v) is 7.99. The van der Waals surface area contributed by atoms with Crippen molar-refractivity contribution < 1.29 is 14.3 Å². The largest absolute Gasteiger partial charge is 0.494 e. The fraction of sp³-hybridized carbons (Fsp3) is 0.636. The van der Waals surface area contributed by atoms with Gasteiger partial charge in [-0.2, -0.15) is 0 Å². The standard InChI is InChI=1S/C22H31NO3/c1-3-12-26-19-8-6-17(7-9-19)21(24)10-11-22(25)23-15(2)20-14-16-4-5-18(20)13-16/h6-9,15-16,18,20H,3-5,10-14H2,1-2H3,(H,23,25). The Morgan fingerprint density at radius 3 is 2.54 bits per heavy atom. The smallest absolute Gasteiger partial charge is 0.220 e. The van der Waals surface area contributed by atoms with E-state index in [0.29, 0.717) is 18.1 Å². The van der Waals surface area contributed by atoms with Crippen molar-refractivity contribution in [2.24, 2.45) is 17.8 Å². The molecule has 0 saturated heterocycles. The average molecular weight is 357 g/mol. The van der Waals surface area contributed by atoms with Gasteiger partial charge >= 0.3 is 0 Å². The number of rotatable bonds is 9. The topological polar surface area (TPSA) is 55.4 Å². The highest BCUT2D eigenvalue weighted by atomic mass is 16.5. The predicted octanol–water partition coefficient (Wildman–Crippen LogP) is 4.38. The molecule has 2 aliphatic carbocycles. The highest BCUT2D eigenvalue weighted by Gasteiger charge is 2.42. The van der Waals surface area contributed by atoms with Gasteiger partial charge in [0.2, 0.25) is 5.91 Å². The van der Waals surface area contributed by atoms with Gasteiger partial charge < -0.3 is 10.1 Å². The minimum absolute atomic E-state index is 0.00322. The van der Waals surface area contributed by atoms with E-state index in [2.05, 4.69) is 19.2 Å². The first-order valence-electron chi connectivity index (χ1n) is 10.1. The first-order valence-corrected chi connectivity index (χ1v) is 10.1. The second-order valence-electron chi connectivity index (χ2n) is 7.99. The van der Waals surface area contributed by atoms with Gasteiger partial charge in [0, 0.05) is 24.4 Å². The Hall–Kier alpha value is -1.84. The molecule has 2 aliphatic rings. The molecule has 0 heterocycles. The molecule has 26 heavy (non-hydrogen) atoms. The summed E-state index contributed by atoms with van der Waals surface area (Å²) in [6.45, 7) is 4.86. The molecular formula is C22H31NO3. The van der Waals surface area contributed by atoms with Gasteiger partial charge in [-0.1, -0.05) is 13.3 Å². The number of carbonyl (C=O) groups is 2. The first kappa shape index (κ1) is 18.9. The number of hydrogen-bond acceptors (Lipinski definition) is 3. The number of Topliss-reactive ketones (excluding diaryl/α,β-unsaturated/α-hetero) is 1. The molecule has 3 rings (SSSR count). The zero-order valence-corrected chi connectivity index (χ0v) is 16.0. The monoisotopic (exact) mass is 357 g/mol. The summed E-state index contributed by atoms with van der Waals surface area (Å²) in [6.07, 6.45) is 6.78. The minimum atomic E-state index is -0.00322. The summed E-state index contributed by atoms with van der Waals surface area (Å²) in [5, 5.41) is 3.13. The van der Waals surface area contributed by atoms with Crippen LogP contribution < -0.4 is 10.1 Å². The highest BCUT2D eigenvalue weighted by Crippen LogP contribution is 2.49. The molecule has 1 aromatic carbocycles. The van der Waals surface area contributed by atoms with E-state index in [1.807, 2.05) is 12.1 Å². The summed E-state index contributed by atoms with van der Waals surface area (Å²) in [5.41, 5.74) is 0.641. The van der Waals surface area contributed by atoms with Gasteiger partial charge in [-0.15, -0.1) is 0 Å². The zero-order valence-electron chi connectivity index (χ0n) is 16.0. The molecule has 1 aromatic rings. The van der Waals surface area contributed by atoms with Crippen LogP contribution in [0, 0.1) is 17.8 Å². The van der Waals surface area contributed by atoms with Gasteiger partial charge in [0.05, 0.1) is 6.61 Å². The van der Waals surface area contributed by atoms with Gasteiger partial charge in [-0.3, -0.25) is 9.59 Å². The van der Waals surface area contributed by atoms with E-state index in [1.165, 1.54) is 25.7 Å². The lowest BCUT2D eigenvalue weighted by atomic mass is 9.84. The second kappa shape index (κ2) is 8.70. The summed E-state index contributed by atoms with van der Waals surface area (Å²) in [5.74, 6) is 3.09. The molecule has 0 spiro atoms. The van der Waals surface area contributed by atoms with Crippen LogP contribution in [-0.2, 0) is 4.79 Å². The van der Waals surface area contributed by atoms with Gasteiger partial charge in [0.1, 0.15) is 5.75 Å². The summed E-state index contributed by atoms with van der Waals surface area (Å²) < 4.78 is 5.53. The summed E-state index contributed by atoms with van der Waals surface area (Å²) in [7, 11) is 0. The van der Waals surface area contributed by atoms with Crippen LogP contribution in [0.25, 0.3) is 0 Å². The number of ether oxygens (including phenoxy) is 1. The quantitative estimate of drug-likeness (QED) is 0.667. The van der Waals surface area contributed by atoms with Crippen molar-refractivity contribution in [3.05, 3.63) is 29.8 Å².